The molecule has 1 N–H and O–H groups in total. The molecule has 0 spiro atoms. The number of allylic oxidation sites excluding steroid dienone is 2. The Morgan fingerprint density at radius 1 is 1.23 bits per heavy atom. The topological polar surface area (TPSA) is 83.9 Å². The fourth-order valence-electron chi connectivity index (χ4n) is 2.01. The van der Waals surface area contributed by atoms with Gasteiger partial charge >= 0.3 is 0 Å². The highest BCUT2D eigenvalue weighted by Gasteiger charge is 2.29. The summed E-state index contributed by atoms with van der Waals surface area (Å²) in [7, 11) is 1.27. The van der Waals surface area contributed by atoms with E-state index in [1.54, 1.807) is 0 Å². The predicted octanol–water partition coefficient (Wildman–Crippen LogP) is 1.96. The fourth-order valence-corrected chi connectivity index (χ4v) is 2.27. The van der Waals surface area contributed by atoms with Gasteiger partial charge in [-0.25, -0.2) is 0 Å². The molecular formula is C15H12ClNO5. The van der Waals surface area contributed by atoms with E-state index in [0.717, 1.165) is 17.1 Å². The molecular weight excluding hydrogens is 310 g/mol. The number of carbonyl (C=O) groups excluding carboxylic acids is 3. The van der Waals surface area contributed by atoms with Crippen molar-refractivity contribution in [1.82, 2.24) is 0 Å². The normalized spacial score (nSPS) is 14.3. The van der Waals surface area contributed by atoms with E-state index in [9.17, 15) is 19.5 Å². The van der Waals surface area contributed by atoms with Crippen LogP contribution in [0.15, 0.2) is 41.8 Å². The summed E-state index contributed by atoms with van der Waals surface area (Å²) >= 11 is 6.01. The van der Waals surface area contributed by atoms with Crippen LogP contribution in [0.1, 0.15) is 6.92 Å². The SMILES string of the molecule is COC1=CC(=O)C(N(C(C)=O)c2ccc(O)cc2Cl)=CC1=O. The first-order valence-corrected chi connectivity index (χ1v) is 6.58. The van der Waals surface area contributed by atoms with Crippen LogP contribution in [0.3, 0.4) is 0 Å². The highest BCUT2D eigenvalue weighted by Crippen LogP contribution is 2.33. The molecule has 0 aliphatic heterocycles. The molecule has 0 saturated heterocycles. The zero-order valence-corrected chi connectivity index (χ0v) is 12.5. The first-order chi connectivity index (χ1) is 10.3. The van der Waals surface area contributed by atoms with E-state index in [1.165, 1.54) is 32.2 Å². The Bertz CT molecular complexity index is 735. The second-order valence-corrected chi connectivity index (χ2v) is 4.87. The van der Waals surface area contributed by atoms with Crippen LogP contribution < -0.4 is 4.90 Å². The number of amides is 1. The summed E-state index contributed by atoms with van der Waals surface area (Å²) in [6, 6.07) is 3.94. The Kier molecular flexibility index (Phi) is 4.32. The molecule has 0 aromatic heterocycles. The molecule has 114 valence electrons. The minimum Gasteiger partial charge on any atom is -0.508 e. The van der Waals surface area contributed by atoms with Crippen LogP contribution in [0.5, 0.6) is 5.75 Å². The van der Waals surface area contributed by atoms with Crippen LogP contribution in [-0.4, -0.2) is 29.7 Å². The minimum atomic E-state index is -0.559. The Labute approximate surface area is 131 Å². The van der Waals surface area contributed by atoms with E-state index in [1.807, 2.05) is 0 Å². The molecule has 1 aromatic rings. The van der Waals surface area contributed by atoms with Crippen molar-refractivity contribution in [2.45, 2.75) is 6.92 Å². The van der Waals surface area contributed by atoms with Gasteiger partial charge in [0.25, 0.3) is 0 Å². The van der Waals surface area contributed by atoms with Gasteiger partial charge in [0, 0.05) is 25.1 Å². The van der Waals surface area contributed by atoms with Crippen LogP contribution in [0.2, 0.25) is 5.02 Å². The highest BCUT2D eigenvalue weighted by molar-refractivity contribution is 6.34. The number of ether oxygens (including phenoxy) is 1. The number of ketones is 2. The smallest absolute Gasteiger partial charge is 0.228 e. The maximum Gasteiger partial charge on any atom is 0.228 e. The van der Waals surface area contributed by atoms with E-state index < -0.39 is 17.5 Å². The summed E-state index contributed by atoms with van der Waals surface area (Å²) in [5, 5.41) is 9.45. The minimum absolute atomic E-state index is 0.0675. The summed E-state index contributed by atoms with van der Waals surface area (Å²) in [5.41, 5.74) is 0.0551. The van der Waals surface area contributed by atoms with Crippen LogP contribution in [-0.2, 0) is 19.1 Å². The van der Waals surface area contributed by atoms with Gasteiger partial charge in [-0.15, -0.1) is 0 Å². The van der Waals surface area contributed by atoms with Crippen LogP contribution in [0.4, 0.5) is 5.69 Å². The van der Waals surface area contributed by atoms with Crippen LogP contribution in [0.25, 0.3) is 0 Å². The van der Waals surface area contributed by atoms with Gasteiger partial charge in [0.05, 0.1) is 17.8 Å². The lowest BCUT2D eigenvalue weighted by atomic mass is 10.1. The van der Waals surface area contributed by atoms with Crippen molar-refractivity contribution in [2.24, 2.45) is 0 Å². The predicted molar refractivity (Wildman–Crippen MR) is 79.5 cm³/mol. The summed E-state index contributed by atoms with van der Waals surface area (Å²) in [5.74, 6) is -1.78. The van der Waals surface area contributed by atoms with Crippen molar-refractivity contribution in [3.8, 4) is 5.75 Å². The van der Waals surface area contributed by atoms with Gasteiger partial charge in [-0.05, 0) is 12.1 Å². The number of methoxy groups -OCH3 is 1. The van der Waals surface area contributed by atoms with Crippen molar-refractivity contribution in [1.29, 1.82) is 0 Å². The molecule has 0 bridgehead atoms. The number of aromatic hydroxyl groups is 1. The molecule has 1 aliphatic rings. The lowest BCUT2D eigenvalue weighted by molar-refractivity contribution is -0.119. The lowest BCUT2D eigenvalue weighted by Gasteiger charge is -2.25. The number of carbonyl (C=O) groups is 3. The van der Waals surface area contributed by atoms with Gasteiger partial charge in [-0.2, -0.15) is 0 Å². The molecule has 0 heterocycles. The van der Waals surface area contributed by atoms with Gasteiger partial charge in [-0.3, -0.25) is 19.3 Å². The van der Waals surface area contributed by atoms with Gasteiger partial charge in [0.15, 0.2) is 5.76 Å². The van der Waals surface area contributed by atoms with Gasteiger partial charge in [0.1, 0.15) is 11.4 Å². The summed E-state index contributed by atoms with van der Waals surface area (Å²) in [6.07, 6.45) is 2.04. The van der Waals surface area contributed by atoms with Gasteiger partial charge in [-0.1, -0.05) is 11.6 Å². The molecule has 1 amide bonds. The van der Waals surface area contributed by atoms with Crippen molar-refractivity contribution >= 4 is 34.8 Å². The summed E-state index contributed by atoms with van der Waals surface area (Å²) in [4.78, 5) is 36.9. The summed E-state index contributed by atoms with van der Waals surface area (Å²) < 4.78 is 4.79. The summed E-state index contributed by atoms with van der Waals surface area (Å²) in [6.45, 7) is 1.23. The molecule has 0 fully saturated rings. The third-order valence-electron chi connectivity index (χ3n) is 2.97. The van der Waals surface area contributed by atoms with Crippen LogP contribution >= 0.6 is 11.6 Å². The van der Waals surface area contributed by atoms with E-state index in [0.29, 0.717) is 0 Å². The van der Waals surface area contributed by atoms with E-state index >= 15 is 0 Å². The van der Waals surface area contributed by atoms with Gasteiger partial charge in [0.2, 0.25) is 17.5 Å². The number of halogens is 1. The fraction of sp³-hybridized carbons (Fsp3) is 0.133. The zero-order valence-electron chi connectivity index (χ0n) is 11.8. The number of phenolic OH excluding ortho intramolecular Hbond substituents is 1. The van der Waals surface area contributed by atoms with E-state index in [2.05, 4.69) is 0 Å². The third-order valence-corrected chi connectivity index (χ3v) is 3.28. The quantitative estimate of drug-likeness (QED) is 0.860. The number of hydrogen-bond acceptors (Lipinski definition) is 5. The molecule has 7 heteroatoms. The maximum atomic E-state index is 12.1. The van der Waals surface area contributed by atoms with E-state index in [4.69, 9.17) is 16.3 Å². The van der Waals surface area contributed by atoms with E-state index in [-0.39, 0.29) is 27.9 Å². The van der Waals surface area contributed by atoms with Gasteiger partial charge < -0.3 is 9.84 Å². The average molecular weight is 322 g/mol. The zero-order chi connectivity index (χ0) is 16.4. The molecule has 1 aliphatic carbocycles. The first-order valence-electron chi connectivity index (χ1n) is 6.20. The molecule has 22 heavy (non-hydrogen) atoms. The Balaban J connectivity index is 2.52. The Hall–Kier alpha value is -2.60. The van der Waals surface area contributed by atoms with Crippen molar-refractivity contribution in [2.75, 3.05) is 12.0 Å². The largest absolute Gasteiger partial charge is 0.508 e. The Morgan fingerprint density at radius 3 is 2.45 bits per heavy atom. The van der Waals surface area contributed by atoms with Crippen LogP contribution in [0, 0.1) is 0 Å². The second-order valence-electron chi connectivity index (χ2n) is 4.46. The van der Waals surface area contributed by atoms with Crippen molar-refractivity contribution < 1.29 is 24.2 Å². The number of nitrogens with zero attached hydrogens (tertiary/aromatic N) is 1. The molecule has 1 aromatic carbocycles. The molecule has 2 rings (SSSR count). The second kappa shape index (κ2) is 6.03. The average Bonchev–Trinajstić information content (AvgIpc) is 2.44. The number of benzene rings is 1. The first kappa shape index (κ1) is 15.8. The maximum absolute atomic E-state index is 12.1. The molecule has 0 unspecified atom stereocenters. The third kappa shape index (κ3) is 2.87. The Morgan fingerprint density at radius 2 is 1.91 bits per heavy atom. The standard InChI is InChI=1S/C15H12ClNO5/c1-8(18)17(11-4-3-9(19)5-10(11)16)12-6-14(21)15(22-2)7-13(12)20/h3-7,19H,1-2H3. The number of phenols is 1. The molecule has 0 radical (unpaired) electrons. The number of anilines is 1. The lowest BCUT2D eigenvalue weighted by Crippen LogP contribution is -2.34. The molecule has 6 nitrogen and oxygen atoms in total. The van der Waals surface area contributed by atoms with Crippen molar-refractivity contribution in [3.05, 3.63) is 46.8 Å². The monoisotopic (exact) mass is 321 g/mol. The molecule has 0 saturated carbocycles. The highest BCUT2D eigenvalue weighted by atomic mass is 35.5. The number of rotatable bonds is 3. The number of hydrogen-bond donors (Lipinski definition) is 1. The van der Waals surface area contributed by atoms with Crippen molar-refractivity contribution in [3.63, 3.8) is 0 Å². The molecule has 0 atom stereocenters.